The topological polar surface area (TPSA) is 65.8 Å². The van der Waals surface area contributed by atoms with E-state index >= 15 is 0 Å². The van der Waals surface area contributed by atoms with Crippen molar-refractivity contribution in [3.63, 3.8) is 0 Å². The van der Waals surface area contributed by atoms with Gasteiger partial charge < -0.3 is 10.0 Å². The van der Waals surface area contributed by atoms with Crippen molar-refractivity contribution in [2.75, 3.05) is 11.7 Å². The fraction of sp³-hybridized carbons (Fsp3) is 0.250. The first kappa shape index (κ1) is 25.8. The van der Waals surface area contributed by atoms with Crippen LogP contribution in [0.25, 0.3) is 0 Å². The van der Waals surface area contributed by atoms with Crippen molar-refractivity contribution in [1.82, 2.24) is 9.58 Å². The normalized spacial score (nSPS) is 20.3. The molecule has 8 heteroatoms. The van der Waals surface area contributed by atoms with Crippen LogP contribution >= 0.6 is 0 Å². The molecule has 204 valence electrons. The van der Waals surface area contributed by atoms with Crippen LogP contribution in [0.2, 0.25) is 0 Å². The fourth-order valence-corrected chi connectivity index (χ4v) is 6.72. The molecule has 1 aromatic heterocycles. The first-order valence-corrected chi connectivity index (χ1v) is 13.5. The molecule has 1 N–H and O–H groups in total. The summed E-state index contributed by atoms with van der Waals surface area (Å²) in [4.78, 5) is 27.8. The number of carbonyl (C=O) groups excluding carboxylic acids is 1. The third-order valence-corrected chi connectivity index (χ3v) is 8.24. The Labute approximate surface area is 230 Å². The highest BCUT2D eigenvalue weighted by Crippen LogP contribution is 2.57. The molecule has 7 rings (SSSR count). The van der Waals surface area contributed by atoms with E-state index in [-0.39, 0.29) is 24.8 Å². The quantitative estimate of drug-likeness (QED) is 0.393. The minimum Gasteiger partial charge on any atom is -0.502 e. The zero-order chi connectivity index (χ0) is 28.2. The Morgan fingerprint density at radius 3 is 2.33 bits per heavy atom. The molecule has 0 radical (unpaired) electrons. The summed E-state index contributed by atoms with van der Waals surface area (Å²) in [5.74, 6) is -3.04. The highest BCUT2D eigenvalue weighted by atomic mass is 19.2. The summed E-state index contributed by atoms with van der Waals surface area (Å²) in [5.41, 5.74) is 2.49. The van der Waals surface area contributed by atoms with Crippen LogP contribution in [0, 0.1) is 17.6 Å². The Balaban J connectivity index is 0.00000142. The van der Waals surface area contributed by atoms with E-state index in [0.29, 0.717) is 24.0 Å². The fourth-order valence-electron chi connectivity index (χ4n) is 6.72. The van der Waals surface area contributed by atoms with Gasteiger partial charge in [-0.2, -0.15) is 0 Å². The molecule has 2 heterocycles. The van der Waals surface area contributed by atoms with E-state index in [1.54, 1.807) is 4.90 Å². The highest BCUT2D eigenvalue weighted by Gasteiger charge is 2.59. The van der Waals surface area contributed by atoms with Crippen molar-refractivity contribution in [2.24, 2.45) is 5.92 Å². The monoisotopic (exact) mass is 541 g/mol. The molecule has 2 atom stereocenters. The molecule has 1 aliphatic heterocycles. The summed E-state index contributed by atoms with van der Waals surface area (Å²) in [7, 11) is 0. The molecule has 6 nitrogen and oxygen atoms in total. The number of aromatic hydroxyl groups is 1. The van der Waals surface area contributed by atoms with Crippen molar-refractivity contribution in [2.45, 2.75) is 38.8 Å². The van der Waals surface area contributed by atoms with Crippen molar-refractivity contribution in [1.29, 1.82) is 0 Å². The van der Waals surface area contributed by atoms with E-state index in [1.807, 2.05) is 73.5 Å². The molecule has 1 amide bonds. The Kier molecular flexibility index (Phi) is 6.21. The summed E-state index contributed by atoms with van der Waals surface area (Å²) < 4.78 is 30.8. The predicted octanol–water partition coefficient (Wildman–Crippen LogP) is 5.08. The van der Waals surface area contributed by atoms with Crippen LogP contribution in [0.3, 0.4) is 0 Å². The van der Waals surface area contributed by atoms with Gasteiger partial charge in [-0.3, -0.25) is 19.3 Å². The smallest absolute Gasteiger partial charge is 0.278 e. The second-order valence-electron chi connectivity index (χ2n) is 10.2. The number of halogens is 2. The molecule has 40 heavy (non-hydrogen) atoms. The average molecular weight is 542 g/mol. The number of benzene rings is 3. The Bertz CT molecular complexity index is 1690. The van der Waals surface area contributed by atoms with E-state index in [4.69, 9.17) is 0 Å². The molecule has 0 saturated carbocycles. The third kappa shape index (κ3) is 3.58. The maximum Gasteiger partial charge on any atom is 0.278 e. The Hall–Kier alpha value is -4.46. The maximum atomic E-state index is 14.8. The molecule has 2 aliphatic carbocycles. The summed E-state index contributed by atoms with van der Waals surface area (Å²) in [6, 6.07) is 21.1. The van der Waals surface area contributed by atoms with Gasteiger partial charge >= 0.3 is 0 Å². The van der Waals surface area contributed by atoms with Crippen LogP contribution in [0.4, 0.5) is 8.78 Å². The number of nitrogens with zero attached hydrogens (tertiary/aromatic N) is 3. The summed E-state index contributed by atoms with van der Waals surface area (Å²) >= 11 is 0. The lowest BCUT2D eigenvalue weighted by atomic mass is 9.81. The molecule has 2 unspecified atom stereocenters. The molecule has 0 fully saturated rings. The van der Waals surface area contributed by atoms with Crippen LogP contribution in [0.1, 0.15) is 52.2 Å². The van der Waals surface area contributed by atoms with E-state index in [1.165, 1.54) is 29.1 Å². The van der Waals surface area contributed by atoms with E-state index in [0.717, 1.165) is 16.7 Å². The van der Waals surface area contributed by atoms with Crippen LogP contribution in [-0.4, -0.2) is 27.3 Å². The number of carbonyl (C=O) groups is 1. The van der Waals surface area contributed by atoms with Gasteiger partial charge in [0.05, 0.1) is 0 Å². The maximum absolute atomic E-state index is 14.8. The highest BCUT2D eigenvalue weighted by molar-refractivity contribution is 5.96. The second kappa shape index (κ2) is 9.62. The molecular weight excluding hydrogens is 512 g/mol. The SMILES string of the molecule is CC.O=C1c2c(O)c(=O)ccn2N(C23c4ccccc4CC2Cc2cc(F)c(F)cc23)CN1Cc1ccccc1. The molecule has 0 saturated heterocycles. The minimum atomic E-state index is -0.952. The largest absolute Gasteiger partial charge is 0.502 e. The van der Waals surface area contributed by atoms with Crippen molar-refractivity contribution < 1.29 is 18.7 Å². The molecule has 3 aliphatic rings. The third-order valence-electron chi connectivity index (χ3n) is 8.24. The summed E-state index contributed by atoms with van der Waals surface area (Å²) in [6.07, 6.45) is 2.68. The first-order valence-electron chi connectivity index (χ1n) is 13.5. The van der Waals surface area contributed by atoms with Crippen LogP contribution in [-0.2, 0) is 24.9 Å². The second-order valence-corrected chi connectivity index (χ2v) is 10.2. The number of rotatable bonds is 3. The predicted molar refractivity (Wildman–Crippen MR) is 148 cm³/mol. The van der Waals surface area contributed by atoms with E-state index in [9.17, 15) is 23.5 Å². The van der Waals surface area contributed by atoms with Crippen molar-refractivity contribution >= 4 is 5.91 Å². The van der Waals surface area contributed by atoms with Crippen molar-refractivity contribution in [3.05, 3.63) is 134 Å². The van der Waals surface area contributed by atoms with Crippen LogP contribution in [0.15, 0.2) is 83.8 Å². The molecule has 4 aromatic rings. The zero-order valence-corrected chi connectivity index (χ0v) is 22.3. The number of hydrogen-bond acceptors (Lipinski definition) is 4. The molecule has 0 spiro atoms. The van der Waals surface area contributed by atoms with Gasteiger partial charge in [-0.25, -0.2) is 8.78 Å². The van der Waals surface area contributed by atoms with Crippen molar-refractivity contribution in [3.8, 4) is 5.75 Å². The average Bonchev–Trinajstić information content (AvgIpc) is 3.45. The zero-order valence-electron chi connectivity index (χ0n) is 22.3. The standard InChI is InChI=1S/C30H23F2N3O3.C2H6/c31-24-14-20-13-21-12-19-8-4-5-9-22(19)30(21,23(20)15-25(24)32)35-17-33(16-18-6-2-1-3-7-18)29(38)27-28(37)26(36)10-11-34(27)35;1-2/h1-11,14-15,21,37H,12-13,16-17H2;1-2H3. The van der Waals surface area contributed by atoms with Gasteiger partial charge in [-0.1, -0.05) is 68.4 Å². The number of fused-ring (bicyclic) bond motifs is 6. The van der Waals surface area contributed by atoms with Gasteiger partial charge in [-0.15, -0.1) is 0 Å². The number of hydrogen-bond donors (Lipinski definition) is 1. The van der Waals surface area contributed by atoms with Gasteiger partial charge in [0, 0.05) is 24.7 Å². The Morgan fingerprint density at radius 2 is 1.55 bits per heavy atom. The number of pyridine rings is 1. The van der Waals surface area contributed by atoms with E-state index in [2.05, 4.69) is 0 Å². The van der Waals surface area contributed by atoms with Gasteiger partial charge in [0.1, 0.15) is 12.2 Å². The van der Waals surface area contributed by atoms with Crippen LogP contribution in [0.5, 0.6) is 5.75 Å². The lowest BCUT2D eigenvalue weighted by Crippen LogP contribution is -2.63. The Morgan fingerprint density at radius 1 is 0.875 bits per heavy atom. The number of aromatic nitrogens is 1. The van der Waals surface area contributed by atoms with E-state index < -0.39 is 34.3 Å². The number of amides is 1. The minimum absolute atomic E-state index is 0.0858. The lowest BCUT2D eigenvalue weighted by molar-refractivity contribution is 0.0630. The van der Waals surface area contributed by atoms with Crippen LogP contribution < -0.4 is 10.4 Å². The van der Waals surface area contributed by atoms with Gasteiger partial charge in [0.15, 0.2) is 23.1 Å². The molecule has 0 bridgehead atoms. The lowest BCUT2D eigenvalue weighted by Gasteiger charge is -2.50. The summed E-state index contributed by atoms with van der Waals surface area (Å²) in [6.45, 7) is 4.35. The van der Waals surface area contributed by atoms with Gasteiger partial charge in [-0.05, 0) is 52.8 Å². The molecule has 3 aromatic carbocycles. The summed E-state index contributed by atoms with van der Waals surface area (Å²) in [5, 5.41) is 12.8. The van der Waals surface area contributed by atoms with Gasteiger partial charge in [0.25, 0.3) is 5.91 Å². The van der Waals surface area contributed by atoms with Gasteiger partial charge in [0.2, 0.25) is 5.43 Å². The molecular formula is C32H29F2N3O3. The first-order chi connectivity index (χ1) is 19.4.